The lowest BCUT2D eigenvalue weighted by Crippen LogP contribution is -2.28. The molecule has 120 valence electrons. The van der Waals surface area contributed by atoms with Crippen LogP contribution in [0.2, 0.25) is 0 Å². The Kier molecular flexibility index (Phi) is 5.84. The van der Waals surface area contributed by atoms with Crippen molar-refractivity contribution in [1.82, 2.24) is 10.0 Å². The largest absolute Gasteiger partial charge is 0.464 e. The molecule has 1 aliphatic carbocycles. The summed E-state index contributed by atoms with van der Waals surface area (Å²) < 4.78 is 33.0. The summed E-state index contributed by atoms with van der Waals surface area (Å²) in [5.41, 5.74) is 0. The van der Waals surface area contributed by atoms with Gasteiger partial charge in [-0.1, -0.05) is 19.8 Å². The van der Waals surface area contributed by atoms with Crippen molar-refractivity contribution in [3.8, 4) is 0 Å². The van der Waals surface area contributed by atoms with Crippen molar-refractivity contribution in [2.75, 3.05) is 13.1 Å². The predicted molar refractivity (Wildman–Crippen MR) is 82.6 cm³/mol. The van der Waals surface area contributed by atoms with Gasteiger partial charge in [-0.25, -0.2) is 13.1 Å². The maximum absolute atomic E-state index is 12.4. The molecule has 2 rings (SSSR count). The third-order valence-electron chi connectivity index (χ3n) is 3.98. The van der Waals surface area contributed by atoms with Crippen molar-refractivity contribution >= 4 is 10.0 Å². The minimum Gasteiger partial charge on any atom is -0.464 e. The van der Waals surface area contributed by atoms with E-state index in [0.717, 1.165) is 25.8 Å². The Morgan fingerprint density at radius 1 is 1.33 bits per heavy atom. The smallest absolute Gasteiger partial charge is 0.244 e. The highest BCUT2D eigenvalue weighted by atomic mass is 32.2. The van der Waals surface area contributed by atoms with Crippen molar-refractivity contribution in [3.63, 3.8) is 0 Å². The van der Waals surface area contributed by atoms with Gasteiger partial charge in [-0.05, 0) is 38.6 Å². The molecule has 1 saturated carbocycles. The van der Waals surface area contributed by atoms with E-state index in [1.54, 1.807) is 13.0 Å². The van der Waals surface area contributed by atoms with Crippen LogP contribution in [-0.2, 0) is 16.6 Å². The molecule has 1 aromatic rings. The van der Waals surface area contributed by atoms with Crippen LogP contribution in [0, 0.1) is 12.8 Å². The van der Waals surface area contributed by atoms with E-state index < -0.39 is 10.0 Å². The van der Waals surface area contributed by atoms with Gasteiger partial charge in [-0.3, -0.25) is 0 Å². The van der Waals surface area contributed by atoms with E-state index in [1.807, 2.05) is 0 Å². The van der Waals surface area contributed by atoms with Gasteiger partial charge in [0.15, 0.2) is 0 Å². The third-order valence-corrected chi connectivity index (χ3v) is 5.51. The second kappa shape index (κ2) is 7.42. The number of furan rings is 1. The third kappa shape index (κ3) is 4.56. The van der Waals surface area contributed by atoms with Gasteiger partial charge in [0.2, 0.25) is 10.0 Å². The zero-order valence-electron chi connectivity index (χ0n) is 12.9. The molecule has 6 heteroatoms. The quantitative estimate of drug-likeness (QED) is 0.723. The highest BCUT2D eigenvalue weighted by Crippen LogP contribution is 2.25. The molecule has 1 fully saturated rings. The van der Waals surface area contributed by atoms with Crippen LogP contribution in [0.15, 0.2) is 15.4 Å². The van der Waals surface area contributed by atoms with Gasteiger partial charge >= 0.3 is 0 Å². The number of sulfonamides is 1. The summed E-state index contributed by atoms with van der Waals surface area (Å²) in [5, 5.41) is 3.21. The fraction of sp³-hybridized carbons (Fsp3) is 0.733. The first-order chi connectivity index (χ1) is 10.0. The molecule has 1 aliphatic rings. The number of hydrogen-bond donors (Lipinski definition) is 2. The Balaban J connectivity index is 1.97. The predicted octanol–water partition coefficient (Wildman–Crippen LogP) is 2.56. The van der Waals surface area contributed by atoms with E-state index >= 15 is 0 Å². The van der Waals surface area contributed by atoms with E-state index in [9.17, 15) is 8.42 Å². The molecule has 0 aromatic carbocycles. The molecule has 0 spiro atoms. The van der Waals surface area contributed by atoms with Gasteiger partial charge in [-0.2, -0.15) is 0 Å². The van der Waals surface area contributed by atoms with Crippen LogP contribution in [-0.4, -0.2) is 21.5 Å². The van der Waals surface area contributed by atoms with E-state index in [-0.39, 0.29) is 4.90 Å². The average Bonchev–Trinajstić information content (AvgIpc) is 3.07. The fourth-order valence-electron chi connectivity index (χ4n) is 2.79. The molecule has 1 heterocycles. The summed E-state index contributed by atoms with van der Waals surface area (Å²) in [6, 6.07) is 1.63. The van der Waals surface area contributed by atoms with Crippen LogP contribution < -0.4 is 10.0 Å². The molecular formula is C15H26N2O3S. The number of nitrogens with one attached hydrogen (secondary N) is 2. The van der Waals surface area contributed by atoms with E-state index in [1.165, 1.54) is 12.8 Å². The average molecular weight is 314 g/mol. The Morgan fingerprint density at radius 2 is 2.05 bits per heavy atom. The van der Waals surface area contributed by atoms with E-state index in [0.29, 0.717) is 30.5 Å². The molecule has 0 unspecified atom stereocenters. The Bertz CT molecular complexity index is 545. The normalized spacial score (nSPS) is 16.7. The molecular weight excluding hydrogens is 288 g/mol. The first kappa shape index (κ1) is 16.5. The van der Waals surface area contributed by atoms with Crippen molar-refractivity contribution < 1.29 is 12.8 Å². The maximum atomic E-state index is 12.4. The second-order valence-electron chi connectivity index (χ2n) is 5.81. The van der Waals surface area contributed by atoms with Crippen molar-refractivity contribution in [2.45, 2.75) is 57.4 Å². The molecule has 2 N–H and O–H groups in total. The first-order valence-electron chi connectivity index (χ1n) is 7.82. The van der Waals surface area contributed by atoms with Gasteiger partial charge < -0.3 is 9.73 Å². The molecule has 0 amide bonds. The Labute approximate surface area is 127 Å². The standard InChI is InChI=1S/C15H26N2O3S/c1-3-8-16-11-14-9-15(12(2)20-14)21(18,19)17-10-13-6-4-5-7-13/h9,13,16-17H,3-8,10-11H2,1-2H3. The number of rotatable bonds is 8. The maximum Gasteiger partial charge on any atom is 0.244 e. The lowest BCUT2D eigenvalue weighted by Gasteiger charge is -2.10. The topological polar surface area (TPSA) is 71.3 Å². The summed E-state index contributed by atoms with van der Waals surface area (Å²) in [4.78, 5) is 0.272. The molecule has 21 heavy (non-hydrogen) atoms. The summed E-state index contributed by atoms with van der Waals surface area (Å²) in [7, 11) is -3.46. The monoisotopic (exact) mass is 314 g/mol. The summed E-state index contributed by atoms with van der Waals surface area (Å²) in [5.74, 6) is 1.61. The van der Waals surface area contributed by atoms with E-state index in [2.05, 4.69) is 17.0 Å². The van der Waals surface area contributed by atoms with Crippen molar-refractivity contribution in [3.05, 3.63) is 17.6 Å². The molecule has 0 atom stereocenters. The zero-order chi connectivity index (χ0) is 15.3. The van der Waals surface area contributed by atoms with Gasteiger partial charge in [-0.15, -0.1) is 0 Å². The van der Waals surface area contributed by atoms with Crippen LogP contribution in [0.1, 0.15) is 50.5 Å². The van der Waals surface area contributed by atoms with Crippen LogP contribution in [0.3, 0.4) is 0 Å². The van der Waals surface area contributed by atoms with Crippen LogP contribution in [0.25, 0.3) is 0 Å². The fourth-order valence-corrected chi connectivity index (χ4v) is 4.10. The van der Waals surface area contributed by atoms with Gasteiger partial charge in [0, 0.05) is 12.6 Å². The van der Waals surface area contributed by atoms with Crippen molar-refractivity contribution in [1.29, 1.82) is 0 Å². The summed E-state index contributed by atoms with van der Waals surface area (Å²) >= 11 is 0. The van der Waals surface area contributed by atoms with E-state index in [4.69, 9.17) is 4.42 Å². The first-order valence-corrected chi connectivity index (χ1v) is 9.31. The Morgan fingerprint density at radius 3 is 2.71 bits per heavy atom. The highest BCUT2D eigenvalue weighted by molar-refractivity contribution is 7.89. The second-order valence-corrected chi connectivity index (χ2v) is 7.55. The Hall–Kier alpha value is -0.850. The minimum absolute atomic E-state index is 0.272. The molecule has 5 nitrogen and oxygen atoms in total. The molecule has 0 radical (unpaired) electrons. The molecule has 0 bridgehead atoms. The SMILES string of the molecule is CCCNCc1cc(S(=O)(=O)NCC2CCCC2)c(C)o1. The summed E-state index contributed by atoms with van der Waals surface area (Å²) in [6.07, 6.45) is 5.71. The summed E-state index contributed by atoms with van der Waals surface area (Å²) in [6.45, 7) is 5.78. The molecule has 1 aromatic heterocycles. The molecule has 0 aliphatic heterocycles. The number of aryl methyl sites for hydroxylation is 1. The zero-order valence-corrected chi connectivity index (χ0v) is 13.8. The number of hydrogen-bond acceptors (Lipinski definition) is 4. The van der Waals surface area contributed by atoms with Crippen LogP contribution in [0.4, 0.5) is 0 Å². The van der Waals surface area contributed by atoms with Crippen LogP contribution in [0.5, 0.6) is 0 Å². The van der Waals surface area contributed by atoms with Crippen molar-refractivity contribution in [2.24, 2.45) is 5.92 Å². The minimum atomic E-state index is -3.46. The van der Waals surface area contributed by atoms with Crippen LogP contribution >= 0.6 is 0 Å². The highest BCUT2D eigenvalue weighted by Gasteiger charge is 2.23. The van der Waals surface area contributed by atoms with Gasteiger partial charge in [0.05, 0.1) is 6.54 Å². The lowest BCUT2D eigenvalue weighted by atomic mass is 10.1. The molecule has 0 saturated heterocycles. The van der Waals surface area contributed by atoms with Gasteiger partial charge in [0.1, 0.15) is 16.4 Å². The lowest BCUT2D eigenvalue weighted by molar-refractivity contribution is 0.456. The van der Waals surface area contributed by atoms with Gasteiger partial charge in [0.25, 0.3) is 0 Å².